The lowest BCUT2D eigenvalue weighted by Gasteiger charge is -2.37. The first-order valence-electron chi connectivity index (χ1n) is 13.5. The summed E-state index contributed by atoms with van der Waals surface area (Å²) in [5, 5.41) is 0.0816. The molecule has 0 aliphatic carbocycles. The first-order valence-corrected chi connectivity index (χ1v) is 16.4. The van der Waals surface area contributed by atoms with E-state index in [9.17, 15) is 4.39 Å². The van der Waals surface area contributed by atoms with Gasteiger partial charge in [-0.05, 0) is 88.4 Å². The van der Waals surface area contributed by atoms with E-state index >= 15 is 0 Å². The van der Waals surface area contributed by atoms with Crippen molar-refractivity contribution in [2.45, 2.75) is 97.0 Å². The van der Waals surface area contributed by atoms with E-state index in [4.69, 9.17) is 23.2 Å². The summed E-state index contributed by atoms with van der Waals surface area (Å²) < 4.78 is 45.1. The van der Waals surface area contributed by atoms with Crippen LogP contribution >= 0.6 is 0 Å². The average Bonchev–Trinajstić information content (AvgIpc) is 3.01. The number of ether oxygens (including phenoxy) is 2. The SMILES string of the molecule is CCOc1cc(-c2cncc(C(CO[Si](C)(C)C(C)(C)C)CB3OC(C)(C)C(C)(C)O3)c2)cc(F)c1OC. The van der Waals surface area contributed by atoms with Crippen molar-refractivity contribution in [2.24, 2.45) is 0 Å². The molecule has 0 radical (unpaired) electrons. The van der Waals surface area contributed by atoms with Gasteiger partial charge in [0.25, 0.3) is 0 Å². The maximum absolute atomic E-state index is 14.9. The summed E-state index contributed by atoms with van der Waals surface area (Å²) in [6.07, 6.45) is 4.21. The second kappa shape index (κ2) is 11.3. The summed E-state index contributed by atoms with van der Waals surface area (Å²) in [4.78, 5) is 4.53. The minimum atomic E-state index is -2.01. The van der Waals surface area contributed by atoms with Crippen LogP contribution in [-0.4, -0.2) is 51.9 Å². The van der Waals surface area contributed by atoms with Crippen LogP contribution in [0.15, 0.2) is 30.6 Å². The highest BCUT2D eigenvalue weighted by Crippen LogP contribution is 2.42. The molecule has 0 amide bonds. The predicted octanol–water partition coefficient (Wildman–Crippen LogP) is 7.49. The van der Waals surface area contributed by atoms with Gasteiger partial charge >= 0.3 is 7.12 Å². The molecule has 9 heteroatoms. The van der Waals surface area contributed by atoms with Crippen molar-refractivity contribution < 1.29 is 27.6 Å². The number of rotatable bonds is 10. The van der Waals surface area contributed by atoms with E-state index < -0.39 is 25.3 Å². The standard InChI is InChI=1S/C29H45BFNO5Si/c1-12-34-25-15-20(14-24(31)26(25)33-9)21-13-22(18-32-17-21)23(19-35-38(10,11)27(2,3)4)16-30-36-28(5,6)29(7,8)37-30/h13-15,17-18,23H,12,16,19H2,1-11H3. The molecule has 2 heterocycles. The second-order valence-corrected chi connectivity index (χ2v) is 17.4. The lowest BCUT2D eigenvalue weighted by molar-refractivity contribution is 0.00578. The van der Waals surface area contributed by atoms with Gasteiger partial charge in [-0.15, -0.1) is 0 Å². The molecule has 38 heavy (non-hydrogen) atoms. The summed E-state index contributed by atoms with van der Waals surface area (Å²) >= 11 is 0. The topological polar surface area (TPSA) is 59.0 Å². The van der Waals surface area contributed by atoms with Crippen LogP contribution in [0.2, 0.25) is 24.5 Å². The Hall–Kier alpha value is -1.94. The van der Waals surface area contributed by atoms with Gasteiger partial charge in [0.05, 0.1) is 24.9 Å². The summed E-state index contributed by atoms with van der Waals surface area (Å²) in [6.45, 7) is 22.2. The molecule has 2 aromatic rings. The maximum atomic E-state index is 14.9. The predicted molar refractivity (Wildman–Crippen MR) is 154 cm³/mol. The van der Waals surface area contributed by atoms with Crippen LogP contribution in [0, 0.1) is 5.82 Å². The van der Waals surface area contributed by atoms with Gasteiger partial charge in [-0.3, -0.25) is 4.98 Å². The zero-order chi connectivity index (χ0) is 28.5. The Morgan fingerprint density at radius 3 is 2.21 bits per heavy atom. The van der Waals surface area contributed by atoms with Crippen molar-refractivity contribution in [2.75, 3.05) is 20.3 Å². The van der Waals surface area contributed by atoms with Gasteiger partial charge in [0.15, 0.2) is 25.6 Å². The summed E-state index contributed by atoms with van der Waals surface area (Å²) in [5.74, 6) is -0.0406. The molecule has 1 fully saturated rings. The Balaban J connectivity index is 1.97. The fourth-order valence-corrected chi connectivity index (χ4v) is 5.20. The van der Waals surface area contributed by atoms with Crippen LogP contribution in [0.3, 0.4) is 0 Å². The fourth-order valence-electron chi connectivity index (χ4n) is 4.15. The van der Waals surface area contributed by atoms with Gasteiger partial charge in [-0.1, -0.05) is 20.8 Å². The van der Waals surface area contributed by atoms with Crippen LogP contribution in [0.4, 0.5) is 4.39 Å². The van der Waals surface area contributed by atoms with Crippen LogP contribution < -0.4 is 9.47 Å². The highest BCUT2D eigenvalue weighted by molar-refractivity contribution is 6.74. The van der Waals surface area contributed by atoms with E-state index in [1.54, 1.807) is 12.3 Å². The molecule has 1 aliphatic rings. The third-order valence-electron chi connectivity index (χ3n) is 8.31. The minimum Gasteiger partial charge on any atom is -0.490 e. The van der Waals surface area contributed by atoms with E-state index in [0.717, 1.165) is 11.1 Å². The van der Waals surface area contributed by atoms with Crippen molar-refractivity contribution in [3.8, 4) is 22.6 Å². The molecule has 0 spiro atoms. The average molecular weight is 546 g/mol. The van der Waals surface area contributed by atoms with E-state index in [-0.39, 0.29) is 23.8 Å². The molecular formula is C29H45BFNO5Si. The number of hydrogen-bond acceptors (Lipinski definition) is 6. The third kappa shape index (κ3) is 6.61. The van der Waals surface area contributed by atoms with E-state index in [1.165, 1.54) is 13.2 Å². The monoisotopic (exact) mass is 545 g/mol. The molecule has 1 aromatic heterocycles. The Bertz CT molecular complexity index is 1100. The summed E-state index contributed by atoms with van der Waals surface area (Å²) in [5.41, 5.74) is 1.61. The normalized spacial score (nSPS) is 17.9. The van der Waals surface area contributed by atoms with Crippen LogP contribution in [0.5, 0.6) is 11.5 Å². The molecule has 0 N–H and O–H groups in total. The molecule has 0 bridgehead atoms. The van der Waals surface area contributed by atoms with Crippen molar-refractivity contribution in [1.82, 2.24) is 4.98 Å². The van der Waals surface area contributed by atoms with Crippen molar-refractivity contribution in [3.05, 3.63) is 42.0 Å². The maximum Gasteiger partial charge on any atom is 0.458 e. The fraction of sp³-hybridized carbons (Fsp3) is 0.621. The lowest BCUT2D eigenvalue weighted by atomic mass is 9.75. The minimum absolute atomic E-state index is 0.0271. The molecule has 6 nitrogen and oxygen atoms in total. The first-order chi connectivity index (χ1) is 17.5. The zero-order valence-electron chi connectivity index (χ0n) is 25.0. The van der Waals surface area contributed by atoms with Gasteiger partial charge in [-0.25, -0.2) is 4.39 Å². The number of benzene rings is 1. The molecular weight excluding hydrogens is 500 g/mol. The zero-order valence-corrected chi connectivity index (χ0v) is 26.0. The number of pyridine rings is 1. The van der Waals surface area contributed by atoms with Crippen LogP contribution in [0.1, 0.15) is 66.9 Å². The number of nitrogens with zero attached hydrogens (tertiary/aromatic N) is 1. The molecule has 1 unspecified atom stereocenters. The molecule has 1 aliphatic heterocycles. The number of methoxy groups -OCH3 is 1. The van der Waals surface area contributed by atoms with Gasteiger partial charge in [0.1, 0.15) is 0 Å². The quantitative estimate of drug-likeness (QED) is 0.288. The summed E-state index contributed by atoms with van der Waals surface area (Å²) in [6, 6.07) is 5.30. The van der Waals surface area contributed by atoms with E-state index in [1.807, 2.05) is 13.1 Å². The van der Waals surface area contributed by atoms with Gasteiger partial charge in [0, 0.05) is 30.5 Å². The Labute approximate surface area is 229 Å². The van der Waals surface area contributed by atoms with Crippen LogP contribution in [-0.2, 0) is 13.7 Å². The van der Waals surface area contributed by atoms with Crippen molar-refractivity contribution in [3.63, 3.8) is 0 Å². The van der Waals surface area contributed by atoms with Crippen molar-refractivity contribution in [1.29, 1.82) is 0 Å². The number of aromatic nitrogens is 1. The second-order valence-electron chi connectivity index (χ2n) is 12.6. The van der Waals surface area contributed by atoms with E-state index in [2.05, 4.69) is 72.6 Å². The Morgan fingerprint density at radius 2 is 1.66 bits per heavy atom. The summed E-state index contributed by atoms with van der Waals surface area (Å²) in [7, 11) is -0.947. The largest absolute Gasteiger partial charge is 0.490 e. The lowest BCUT2D eigenvalue weighted by Crippen LogP contribution is -2.42. The molecule has 0 saturated carbocycles. The van der Waals surface area contributed by atoms with Gasteiger partial charge in [0.2, 0.25) is 0 Å². The van der Waals surface area contributed by atoms with Gasteiger partial charge < -0.3 is 23.2 Å². The smallest absolute Gasteiger partial charge is 0.458 e. The molecule has 210 valence electrons. The van der Waals surface area contributed by atoms with Crippen LogP contribution in [0.25, 0.3) is 11.1 Å². The number of halogens is 1. The number of hydrogen-bond donors (Lipinski definition) is 0. The van der Waals surface area contributed by atoms with Crippen molar-refractivity contribution >= 4 is 15.4 Å². The Morgan fingerprint density at radius 1 is 1.03 bits per heavy atom. The van der Waals surface area contributed by atoms with E-state index in [0.29, 0.717) is 30.8 Å². The van der Waals surface area contributed by atoms with Gasteiger partial charge in [-0.2, -0.15) is 0 Å². The Kier molecular flexibility index (Phi) is 9.08. The molecule has 1 atom stereocenters. The first kappa shape index (κ1) is 30.6. The molecule has 1 saturated heterocycles. The highest BCUT2D eigenvalue weighted by atomic mass is 28.4. The molecule has 1 aromatic carbocycles. The highest BCUT2D eigenvalue weighted by Gasteiger charge is 2.51. The third-order valence-corrected chi connectivity index (χ3v) is 12.8. The molecule has 3 rings (SSSR count).